The standard InChI is InChI=1S/C16H14N2O3/c1-2-20-16(19)13-3-5-15(6-4-13)21-11-12-7-8-18-14(9-12)10-17/h3-9H,2,11H2,1H3. The number of nitrogens with zero attached hydrogens (tertiary/aromatic N) is 2. The van der Waals surface area contributed by atoms with Gasteiger partial charge in [-0.15, -0.1) is 0 Å². The highest BCUT2D eigenvalue weighted by molar-refractivity contribution is 5.89. The third kappa shape index (κ3) is 4.05. The third-order valence-electron chi connectivity index (χ3n) is 2.71. The maximum Gasteiger partial charge on any atom is 0.338 e. The lowest BCUT2D eigenvalue weighted by atomic mass is 10.2. The monoisotopic (exact) mass is 282 g/mol. The topological polar surface area (TPSA) is 72.2 Å². The molecule has 0 aliphatic heterocycles. The molecule has 0 atom stereocenters. The molecule has 5 heteroatoms. The van der Waals surface area contributed by atoms with Gasteiger partial charge in [-0.1, -0.05) is 0 Å². The first-order valence-corrected chi connectivity index (χ1v) is 6.48. The quantitative estimate of drug-likeness (QED) is 0.788. The summed E-state index contributed by atoms with van der Waals surface area (Å²) in [6, 6.07) is 12.2. The average molecular weight is 282 g/mol. The molecule has 2 aromatic rings. The van der Waals surface area contributed by atoms with Crippen molar-refractivity contribution in [3.63, 3.8) is 0 Å². The SMILES string of the molecule is CCOC(=O)c1ccc(OCc2ccnc(C#N)c2)cc1. The molecule has 0 unspecified atom stereocenters. The van der Waals surface area contributed by atoms with Crippen molar-refractivity contribution in [1.82, 2.24) is 4.98 Å². The van der Waals surface area contributed by atoms with Crippen LogP contribution in [0.25, 0.3) is 0 Å². The number of hydrogen-bond donors (Lipinski definition) is 0. The van der Waals surface area contributed by atoms with Crippen LogP contribution in [0.5, 0.6) is 5.75 Å². The number of ether oxygens (including phenoxy) is 2. The summed E-state index contributed by atoms with van der Waals surface area (Å²) in [6.45, 7) is 2.44. The number of rotatable bonds is 5. The minimum Gasteiger partial charge on any atom is -0.489 e. The molecule has 1 heterocycles. The highest BCUT2D eigenvalue weighted by Gasteiger charge is 2.06. The molecule has 21 heavy (non-hydrogen) atoms. The van der Waals surface area contributed by atoms with Crippen LogP contribution in [0.15, 0.2) is 42.6 Å². The van der Waals surface area contributed by atoms with E-state index in [4.69, 9.17) is 14.7 Å². The molecule has 0 saturated heterocycles. The molecule has 0 radical (unpaired) electrons. The molecule has 0 amide bonds. The first kappa shape index (κ1) is 14.5. The number of pyridine rings is 1. The lowest BCUT2D eigenvalue weighted by molar-refractivity contribution is 0.0526. The lowest BCUT2D eigenvalue weighted by Gasteiger charge is -2.07. The van der Waals surface area contributed by atoms with Gasteiger partial charge in [-0.2, -0.15) is 5.26 Å². The van der Waals surface area contributed by atoms with Crippen LogP contribution in [-0.2, 0) is 11.3 Å². The van der Waals surface area contributed by atoms with Gasteiger partial charge >= 0.3 is 5.97 Å². The zero-order valence-corrected chi connectivity index (χ0v) is 11.6. The van der Waals surface area contributed by atoms with Crippen LogP contribution >= 0.6 is 0 Å². The van der Waals surface area contributed by atoms with Gasteiger partial charge in [0.05, 0.1) is 12.2 Å². The third-order valence-corrected chi connectivity index (χ3v) is 2.71. The van der Waals surface area contributed by atoms with Crippen molar-refractivity contribution in [2.24, 2.45) is 0 Å². The molecule has 0 bridgehead atoms. The minimum absolute atomic E-state index is 0.329. The summed E-state index contributed by atoms with van der Waals surface area (Å²) in [5.74, 6) is 0.287. The van der Waals surface area contributed by atoms with Gasteiger partial charge in [0, 0.05) is 6.20 Å². The van der Waals surface area contributed by atoms with Crippen molar-refractivity contribution >= 4 is 5.97 Å². The summed E-state index contributed by atoms with van der Waals surface area (Å²) in [5.41, 5.74) is 1.70. The average Bonchev–Trinajstić information content (AvgIpc) is 2.54. The molecule has 1 aromatic heterocycles. The van der Waals surface area contributed by atoms with Crippen LogP contribution in [0.1, 0.15) is 28.5 Å². The first-order chi connectivity index (χ1) is 10.2. The van der Waals surface area contributed by atoms with Gasteiger partial charge in [-0.25, -0.2) is 9.78 Å². The second kappa shape index (κ2) is 7.06. The summed E-state index contributed by atoms with van der Waals surface area (Å²) in [4.78, 5) is 15.4. The zero-order valence-electron chi connectivity index (χ0n) is 11.6. The fourth-order valence-electron chi connectivity index (χ4n) is 1.69. The Morgan fingerprint density at radius 2 is 2.05 bits per heavy atom. The molecule has 0 fully saturated rings. The van der Waals surface area contributed by atoms with Crippen LogP contribution < -0.4 is 4.74 Å². The largest absolute Gasteiger partial charge is 0.489 e. The Kier molecular flexibility index (Phi) is 4.89. The number of carbonyl (C=O) groups is 1. The molecule has 0 N–H and O–H groups in total. The maximum atomic E-state index is 11.5. The van der Waals surface area contributed by atoms with Crippen LogP contribution in [0.3, 0.4) is 0 Å². The summed E-state index contributed by atoms with van der Waals surface area (Å²) in [5, 5.41) is 8.78. The van der Waals surface area contributed by atoms with E-state index in [1.54, 1.807) is 49.5 Å². The number of benzene rings is 1. The molecule has 0 spiro atoms. The smallest absolute Gasteiger partial charge is 0.338 e. The molecule has 0 aliphatic carbocycles. The van der Waals surface area contributed by atoms with Gasteiger partial charge in [-0.3, -0.25) is 0 Å². The zero-order chi connectivity index (χ0) is 15.1. The van der Waals surface area contributed by atoms with Gasteiger partial charge in [0.25, 0.3) is 0 Å². The Morgan fingerprint density at radius 3 is 2.71 bits per heavy atom. The molecule has 2 rings (SSSR count). The number of hydrogen-bond acceptors (Lipinski definition) is 5. The van der Waals surface area contributed by atoms with Gasteiger partial charge in [0.2, 0.25) is 0 Å². The van der Waals surface area contributed by atoms with E-state index in [2.05, 4.69) is 4.98 Å². The fraction of sp³-hybridized carbons (Fsp3) is 0.188. The minimum atomic E-state index is -0.350. The number of aromatic nitrogens is 1. The van der Waals surface area contributed by atoms with Crippen molar-refractivity contribution in [3.05, 3.63) is 59.4 Å². The van der Waals surface area contributed by atoms with E-state index in [0.717, 1.165) is 5.56 Å². The molecule has 1 aromatic carbocycles. The molecular formula is C16H14N2O3. The second-order valence-corrected chi connectivity index (χ2v) is 4.19. The highest BCUT2D eigenvalue weighted by atomic mass is 16.5. The Hall–Kier alpha value is -2.87. The molecular weight excluding hydrogens is 268 g/mol. The molecule has 0 aliphatic rings. The lowest BCUT2D eigenvalue weighted by Crippen LogP contribution is -2.04. The number of nitriles is 1. The summed E-state index contributed by atoms with van der Waals surface area (Å²) < 4.78 is 10.5. The Bertz CT molecular complexity index is 660. The van der Waals surface area contributed by atoms with Crippen LogP contribution in [-0.4, -0.2) is 17.6 Å². The van der Waals surface area contributed by atoms with E-state index in [-0.39, 0.29) is 5.97 Å². The second-order valence-electron chi connectivity index (χ2n) is 4.19. The van der Waals surface area contributed by atoms with Crippen molar-refractivity contribution in [2.45, 2.75) is 13.5 Å². The van der Waals surface area contributed by atoms with Gasteiger partial charge in [0.15, 0.2) is 0 Å². The van der Waals surface area contributed by atoms with E-state index < -0.39 is 0 Å². The fourth-order valence-corrected chi connectivity index (χ4v) is 1.69. The van der Waals surface area contributed by atoms with E-state index in [1.807, 2.05) is 6.07 Å². The van der Waals surface area contributed by atoms with Gasteiger partial charge in [-0.05, 0) is 48.9 Å². The Balaban J connectivity index is 1.97. The van der Waals surface area contributed by atoms with Crippen LogP contribution in [0.2, 0.25) is 0 Å². The van der Waals surface area contributed by atoms with Crippen molar-refractivity contribution in [2.75, 3.05) is 6.61 Å². The van der Waals surface area contributed by atoms with E-state index >= 15 is 0 Å². The first-order valence-electron chi connectivity index (χ1n) is 6.48. The Labute approximate surface area is 122 Å². The maximum absolute atomic E-state index is 11.5. The van der Waals surface area contributed by atoms with E-state index in [9.17, 15) is 4.79 Å². The summed E-state index contributed by atoms with van der Waals surface area (Å²) in [7, 11) is 0. The van der Waals surface area contributed by atoms with E-state index in [1.165, 1.54) is 0 Å². The predicted molar refractivity (Wildman–Crippen MR) is 75.7 cm³/mol. The highest BCUT2D eigenvalue weighted by Crippen LogP contribution is 2.15. The van der Waals surface area contributed by atoms with Crippen LogP contribution in [0.4, 0.5) is 0 Å². The van der Waals surface area contributed by atoms with Crippen molar-refractivity contribution < 1.29 is 14.3 Å². The molecule has 106 valence electrons. The molecule has 0 saturated carbocycles. The summed E-state index contributed by atoms with van der Waals surface area (Å²) in [6.07, 6.45) is 1.57. The van der Waals surface area contributed by atoms with Crippen LogP contribution in [0, 0.1) is 11.3 Å². The normalized spacial score (nSPS) is 9.71. The Morgan fingerprint density at radius 1 is 1.29 bits per heavy atom. The number of esters is 1. The molecule has 5 nitrogen and oxygen atoms in total. The van der Waals surface area contributed by atoms with E-state index in [0.29, 0.717) is 30.2 Å². The van der Waals surface area contributed by atoms with Crippen molar-refractivity contribution in [3.8, 4) is 11.8 Å². The van der Waals surface area contributed by atoms with Gasteiger partial charge < -0.3 is 9.47 Å². The number of carbonyl (C=O) groups excluding carboxylic acids is 1. The van der Waals surface area contributed by atoms with Crippen molar-refractivity contribution in [1.29, 1.82) is 5.26 Å². The predicted octanol–water partition coefficient (Wildman–Crippen LogP) is 2.71. The van der Waals surface area contributed by atoms with Gasteiger partial charge in [0.1, 0.15) is 24.1 Å². The summed E-state index contributed by atoms with van der Waals surface area (Å²) >= 11 is 0.